The summed E-state index contributed by atoms with van der Waals surface area (Å²) >= 11 is 14.2. The Hall–Kier alpha value is -1.43. The van der Waals surface area contributed by atoms with Crippen molar-refractivity contribution in [3.8, 4) is 0 Å². The molecule has 0 unspecified atom stereocenters. The van der Waals surface area contributed by atoms with Crippen molar-refractivity contribution in [3.63, 3.8) is 0 Å². The van der Waals surface area contributed by atoms with E-state index >= 15 is 0 Å². The summed E-state index contributed by atoms with van der Waals surface area (Å²) in [6.45, 7) is 1.92. The van der Waals surface area contributed by atoms with Gasteiger partial charge >= 0.3 is 0 Å². The number of hydrogen-bond donors (Lipinski definition) is 1. The Morgan fingerprint density at radius 2 is 1.83 bits per heavy atom. The predicted molar refractivity (Wildman–Crippen MR) is 100 cm³/mol. The summed E-state index contributed by atoms with van der Waals surface area (Å²) in [4.78, 5) is 14.5. The number of nitrogens with zero attached hydrogens (tertiary/aromatic N) is 1. The van der Waals surface area contributed by atoms with Crippen molar-refractivity contribution in [1.82, 2.24) is 0 Å². The quantitative estimate of drug-likeness (QED) is 0.813. The van der Waals surface area contributed by atoms with Gasteiger partial charge in [-0.1, -0.05) is 23.2 Å². The first kappa shape index (κ1) is 17.4. The molecule has 3 rings (SSSR count). The summed E-state index contributed by atoms with van der Waals surface area (Å²) in [5.74, 6) is 1.28. The van der Waals surface area contributed by atoms with Crippen molar-refractivity contribution in [2.75, 3.05) is 34.8 Å². The number of thioether (sulfide) groups is 1. The monoisotopic (exact) mass is 384 g/mol. The molecule has 0 saturated carbocycles. The average molecular weight is 385 g/mol. The third kappa shape index (κ3) is 3.97. The largest absolute Gasteiger partial charge is 0.369 e. The summed E-state index contributed by atoms with van der Waals surface area (Å²) < 4.78 is 13.1. The van der Waals surface area contributed by atoms with Crippen LogP contribution in [0, 0.1) is 5.82 Å². The van der Waals surface area contributed by atoms with Crippen molar-refractivity contribution in [2.45, 2.75) is 0 Å². The number of carbonyl (C=O) groups excluding carboxylic acids is 1. The first-order valence-corrected chi connectivity index (χ1v) is 9.34. The Labute approximate surface area is 154 Å². The second kappa shape index (κ2) is 7.64. The van der Waals surface area contributed by atoms with E-state index in [9.17, 15) is 9.18 Å². The van der Waals surface area contributed by atoms with Gasteiger partial charge in [0.2, 0.25) is 0 Å². The molecule has 0 aromatic heterocycles. The fraction of sp³-hybridized carbons (Fsp3) is 0.235. The topological polar surface area (TPSA) is 32.3 Å². The van der Waals surface area contributed by atoms with Crippen LogP contribution in [0.3, 0.4) is 0 Å². The van der Waals surface area contributed by atoms with Gasteiger partial charge in [-0.25, -0.2) is 4.39 Å². The third-order valence-corrected chi connectivity index (χ3v) is 5.29. The number of carbonyl (C=O) groups is 1. The maximum atomic E-state index is 13.1. The van der Waals surface area contributed by atoms with E-state index in [0.29, 0.717) is 10.7 Å². The summed E-state index contributed by atoms with van der Waals surface area (Å²) in [6.07, 6.45) is 0. The molecule has 1 aliphatic rings. The molecule has 7 heteroatoms. The van der Waals surface area contributed by atoms with E-state index in [1.165, 1.54) is 12.1 Å². The lowest BCUT2D eigenvalue weighted by atomic mass is 10.2. The van der Waals surface area contributed by atoms with Crippen LogP contribution in [-0.2, 0) is 0 Å². The molecule has 1 N–H and O–H groups in total. The molecule has 3 nitrogen and oxygen atoms in total. The molecule has 1 fully saturated rings. The lowest BCUT2D eigenvalue weighted by molar-refractivity contribution is 0.102. The van der Waals surface area contributed by atoms with Crippen LogP contribution in [0.1, 0.15) is 10.4 Å². The Bertz CT molecular complexity index is 766. The molecule has 1 amide bonds. The van der Waals surface area contributed by atoms with Gasteiger partial charge in [0, 0.05) is 30.3 Å². The van der Waals surface area contributed by atoms with Crippen LogP contribution >= 0.6 is 35.0 Å². The van der Waals surface area contributed by atoms with E-state index in [1.54, 1.807) is 12.1 Å². The van der Waals surface area contributed by atoms with E-state index < -0.39 is 11.7 Å². The standard InChI is InChI=1S/C17H15Cl2FN2OS/c18-14-9-11(20)1-3-13(14)17(23)21-12-2-4-16(15(19)10-12)22-5-7-24-8-6-22/h1-4,9-10H,5-8H2,(H,21,23). The Morgan fingerprint density at radius 3 is 2.50 bits per heavy atom. The number of anilines is 2. The summed E-state index contributed by atoms with van der Waals surface area (Å²) in [5, 5.41) is 3.39. The van der Waals surface area contributed by atoms with E-state index in [-0.39, 0.29) is 10.6 Å². The maximum absolute atomic E-state index is 13.1. The number of benzene rings is 2. The van der Waals surface area contributed by atoms with E-state index in [0.717, 1.165) is 36.3 Å². The molecule has 0 spiro atoms. The molecule has 1 aliphatic heterocycles. The zero-order chi connectivity index (χ0) is 17.1. The first-order valence-electron chi connectivity index (χ1n) is 7.43. The molecule has 0 bridgehead atoms. The molecule has 0 aliphatic carbocycles. The van der Waals surface area contributed by atoms with Crippen molar-refractivity contribution in [3.05, 3.63) is 57.8 Å². The van der Waals surface area contributed by atoms with Crippen LogP contribution < -0.4 is 10.2 Å². The highest BCUT2D eigenvalue weighted by atomic mass is 35.5. The number of nitrogens with one attached hydrogen (secondary N) is 1. The lowest BCUT2D eigenvalue weighted by Gasteiger charge is -2.29. The van der Waals surface area contributed by atoms with Gasteiger partial charge in [0.05, 0.1) is 21.3 Å². The Balaban J connectivity index is 1.75. The smallest absolute Gasteiger partial charge is 0.257 e. The number of amides is 1. The second-order valence-electron chi connectivity index (χ2n) is 5.34. The minimum Gasteiger partial charge on any atom is -0.369 e. The Kier molecular flexibility index (Phi) is 5.54. The molecule has 126 valence electrons. The molecule has 1 heterocycles. The highest BCUT2D eigenvalue weighted by molar-refractivity contribution is 7.99. The number of hydrogen-bond acceptors (Lipinski definition) is 3. The van der Waals surface area contributed by atoms with E-state index in [1.807, 2.05) is 17.8 Å². The van der Waals surface area contributed by atoms with Crippen LogP contribution in [-0.4, -0.2) is 30.5 Å². The number of halogens is 3. The molecular formula is C17H15Cl2FN2OS. The summed E-state index contributed by atoms with van der Waals surface area (Å²) in [7, 11) is 0. The van der Waals surface area contributed by atoms with E-state index in [4.69, 9.17) is 23.2 Å². The minimum atomic E-state index is -0.483. The van der Waals surface area contributed by atoms with Crippen LogP contribution in [0.4, 0.5) is 15.8 Å². The fourth-order valence-corrected chi connectivity index (χ4v) is 3.97. The molecule has 2 aromatic carbocycles. The van der Waals surface area contributed by atoms with Gasteiger partial charge in [0.25, 0.3) is 5.91 Å². The summed E-state index contributed by atoms with van der Waals surface area (Å²) in [5.41, 5.74) is 1.75. The van der Waals surface area contributed by atoms with Gasteiger partial charge in [0.15, 0.2) is 0 Å². The average Bonchev–Trinajstić information content (AvgIpc) is 2.55. The lowest BCUT2D eigenvalue weighted by Crippen LogP contribution is -2.32. The van der Waals surface area contributed by atoms with Crippen LogP contribution in [0.2, 0.25) is 10.0 Å². The van der Waals surface area contributed by atoms with Gasteiger partial charge < -0.3 is 10.2 Å². The van der Waals surface area contributed by atoms with Gasteiger partial charge in [-0.2, -0.15) is 11.8 Å². The minimum absolute atomic E-state index is 0.0704. The molecule has 2 aromatic rings. The van der Waals surface area contributed by atoms with Gasteiger partial charge in [-0.15, -0.1) is 0 Å². The third-order valence-electron chi connectivity index (χ3n) is 3.73. The molecule has 0 radical (unpaired) electrons. The maximum Gasteiger partial charge on any atom is 0.257 e. The highest BCUT2D eigenvalue weighted by Gasteiger charge is 2.16. The van der Waals surface area contributed by atoms with E-state index in [2.05, 4.69) is 10.2 Å². The fourth-order valence-electron chi connectivity index (χ4n) is 2.52. The molecule has 1 saturated heterocycles. The normalized spacial score (nSPS) is 14.5. The predicted octanol–water partition coefficient (Wildman–Crippen LogP) is 4.94. The van der Waals surface area contributed by atoms with Crippen LogP contribution in [0.25, 0.3) is 0 Å². The van der Waals surface area contributed by atoms with Gasteiger partial charge in [-0.05, 0) is 36.4 Å². The second-order valence-corrected chi connectivity index (χ2v) is 7.38. The van der Waals surface area contributed by atoms with Gasteiger partial charge in [0.1, 0.15) is 5.82 Å². The van der Waals surface area contributed by atoms with Crippen molar-refractivity contribution >= 4 is 52.2 Å². The first-order chi connectivity index (χ1) is 11.5. The SMILES string of the molecule is O=C(Nc1ccc(N2CCSCC2)c(Cl)c1)c1ccc(F)cc1Cl. The number of rotatable bonds is 3. The van der Waals surface area contributed by atoms with Crippen LogP contribution in [0.5, 0.6) is 0 Å². The van der Waals surface area contributed by atoms with Crippen molar-refractivity contribution < 1.29 is 9.18 Å². The van der Waals surface area contributed by atoms with Crippen molar-refractivity contribution in [1.29, 1.82) is 0 Å². The highest BCUT2D eigenvalue weighted by Crippen LogP contribution is 2.31. The molecular weight excluding hydrogens is 370 g/mol. The van der Waals surface area contributed by atoms with Crippen LogP contribution in [0.15, 0.2) is 36.4 Å². The summed E-state index contributed by atoms with van der Waals surface area (Å²) in [6, 6.07) is 9.09. The molecule has 24 heavy (non-hydrogen) atoms. The zero-order valence-electron chi connectivity index (χ0n) is 12.7. The van der Waals surface area contributed by atoms with Gasteiger partial charge in [-0.3, -0.25) is 4.79 Å². The molecule has 0 atom stereocenters. The van der Waals surface area contributed by atoms with Crippen molar-refractivity contribution in [2.24, 2.45) is 0 Å². The zero-order valence-corrected chi connectivity index (χ0v) is 15.0. The Morgan fingerprint density at radius 1 is 1.08 bits per heavy atom.